The van der Waals surface area contributed by atoms with Gasteiger partial charge in [-0.05, 0) is 46.7 Å². The van der Waals surface area contributed by atoms with Crippen LogP contribution in [-0.4, -0.2) is 6.54 Å². The molecule has 0 radical (unpaired) electrons. The van der Waals surface area contributed by atoms with Crippen molar-refractivity contribution in [3.8, 4) is 0 Å². The number of furan rings is 1. The second-order valence-corrected chi connectivity index (χ2v) is 5.44. The molecule has 0 saturated carbocycles. The normalized spacial score (nSPS) is 12.7. The molecule has 0 aliphatic rings. The van der Waals surface area contributed by atoms with Gasteiger partial charge >= 0.3 is 0 Å². The minimum Gasteiger partial charge on any atom is -0.457 e. The lowest BCUT2D eigenvalue weighted by Gasteiger charge is -2.18. The van der Waals surface area contributed by atoms with Gasteiger partial charge in [0.05, 0.1) is 12.3 Å². The van der Waals surface area contributed by atoms with Gasteiger partial charge in [0.15, 0.2) is 4.67 Å². The lowest BCUT2D eigenvalue weighted by atomic mass is 10.0. The van der Waals surface area contributed by atoms with E-state index < -0.39 is 0 Å². The van der Waals surface area contributed by atoms with Gasteiger partial charge in [0.1, 0.15) is 5.82 Å². The number of rotatable bonds is 4. The van der Waals surface area contributed by atoms with E-state index in [0.717, 1.165) is 16.6 Å². The van der Waals surface area contributed by atoms with Crippen molar-refractivity contribution in [3.63, 3.8) is 0 Å². The zero-order chi connectivity index (χ0) is 13.1. The Hall–Kier alpha value is -0.650. The first-order valence-corrected chi connectivity index (χ1v) is 7.13. The van der Waals surface area contributed by atoms with Crippen LogP contribution < -0.4 is 5.32 Å². The molecular weight excluding hydrogens is 365 g/mol. The highest BCUT2D eigenvalue weighted by Gasteiger charge is 2.21. The van der Waals surface area contributed by atoms with Gasteiger partial charge in [0.2, 0.25) is 0 Å². The van der Waals surface area contributed by atoms with Crippen molar-refractivity contribution in [2.24, 2.45) is 0 Å². The van der Waals surface area contributed by atoms with Gasteiger partial charge in [-0.15, -0.1) is 0 Å². The standard InChI is InChI=1S/C13H12Br2FNO/c1-2-17-12(9-5-6-18-13(9)15)10-7-8(14)3-4-11(10)16/h3-7,12,17H,2H2,1H3. The summed E-state index contributed by atoms with van der Waals surface area (Å²) >= 11 is 6.70. The molecule has 0 aliphatic carbocycles. The summed E-state index contributed by atoms with van der Waals surface area (Å²) in [4.78, 5) is 0. The third-order valence-corrected chi connectivity index (χ3v) is 3.77. The summed E-state index contributed by atoms with van der Waals surface area (Å²) < 4.78 is 20.7. The molecule has 5 heteroatoms. The summed E-state index contributed by atoms with van der Waals surface area (Å²) in [6.45, 7) is 2.71. The van der Waals surface area contributed by atoms with Gasteiger partial charge in [-0.2, -0.15) is 0 Å². The molecule has 0 spiro atoms. The van der Waals surface area contributed by atoms with Crippen molar-refractivity contribution in [2.75, 3.05) is 6.54 Å². The lowest BCUT2D eigenvalue weighted by molar-refractivity contribution is 0.518. The molecule has 0 saturated heterocycles. The van der Waals surface area contributed by atoms with E-state index in [1.165, 1.54) is 6.07 Å². The number of benzene rings is 1. The van der Waals surface area contributed by atoms with Gasteiger partial charge in [-0.25, -0.2) is 4.39 Å². The minimum absolute atomic E-state index is 0.236. The summed E-state index contributed by atoms with van der Waals surface area (Å²) in [7, 11) is 0. The maximum Gasteiger partial charge on any atom is 0.174 e. The van der Waals surface area contributed by atoms with Crippen LogP contribution >= 0.6 is 31.9 Å². The maximum atomic E-state index is 14.0. The molecule has 2 nitrogen and oxygen atoms in total. The minimum atomic E-state index is -0.239. The van der Waals surface area contributed by atoms with Crippen LogP contribution in [-0.2, 0) is 0 Å². The average molecular weight is 377 g/mol. The van der Waals surface area contributed by atoms with E-state index >= 15 is 0 Å². The molecule has 0 fully saturated rings. The van der Waals surface area contributed by atoms with Crippen molar-refractivity contribution in [1.82, 2.24) is 5.32 Å². The van der Waals surface area contributed by atoms with Crippen LogP contribution in [0.2, 0.25) is 0 Å². The van der Waals surface area contributed by atoms with E-state index in [1.54, 1.807) is 18.4 Å². The van der Waals surface area contributed by atoms with Crippen molar-refractivity contribution in [1.29, 1.82) is 0 Å². The third-order valence-electron chi connectivity index (χ3n) is 2.63. The molecule has 0 bridgehead atoms. The number of nitrogens with one attached hydrogen (secondary N) is 1. The molecule has 1 atom stereocenters. The van der Waals surface area contributed by atoms with E-state index in [2.05, 4.69) is 37.2 Å². The summed E-state index contributed by atoms with van der Waals surface area (Å²) in [5, 5.41) is 3.26. The predicted molar refractivity (Wildman–Crippen MR) is 76.0 cm³/mol. The highest BCUT2D eigenvalue weighted by molar-refractivity contribution is 9.10. The van der Waals surface area contributed by atoms with Crippen LogP contribution in [0.5, 0.6) is 0 Å². The fourth-order valence-electron chi connectivity index (χ4n) is 1.84. The van der Waals surface area contributed by atoms with Crippen molar-refractivity contribution >= 4 is 31.9 Å². The van der Waals surface area contributed by atoms with E-state index in [0.29, 0.717) is 10.2 Å². The van der Waals surface area contributed by atoms with Gasteiger partial charge in [-0.1, -0.05) is 22.9 Å². The number of hydrogen-bond acceptors (Lipinski definition) is 2. The molecule has 1 unspecified atom stereocenters. The first-order valence-electron chi connectivity index (χ1n) is 5.54. The zero-order valence-electron chi connectivity index (χ0n) is 9.71. The Labute approximate surface area is 122 Å². The van der Waals surface area contributed by atoms with E-state index in [4.69, 9.17) is 4.42 Å². The van der Waals surface area contributed by atoms with E-state index in [-0.39, 0.29) is 11.9 Å². The molecule has 0 amide bonds. The van der Waals surface area contributed by atoms with Crippen LogP contribution in [0.3, 0.4) is 0 Å². The van der Waals surface area contributed by atoms with Crippen molar-refractivity contribution in [2.45, 2.75) is 13.0 Å². The number of hydrogen-bond donors (Lipinski definition) is 1. The van der Waals surface area contributed by atoms with Crippen LogP contribution in [0.15, 0.2) is 44.1 Å². The maximum absolute atomic E-state index is 14.0. The highest BCUT2D eigenvalue weighted by Crippen LogP contribution is 2.32. The van der Waals surface area contributed by atoms with E-state index in [9.17, 15) is 4.39 Å². The van der Waals surface area contributed by atoms with Crippen LogP contribution in [0.25, 0.3) is 0 Å². The Balaban J connectivity index is 2.48. The summed E-state index contributed by atoms with van der Waals surface area (Å²) in [6, 6.07) is 6.52. The van der Waals surface area contributed by atoms with Crippen molar-refractivity contribution in [3.05, 3.63) is 56.6 Å². The SMILES string of the molecule is CCNC(c1cc(Br)ccc1F)c1ccoc1Br. The Morgan fingerprint density at radius 1 is 1.28 bits per heavy atom. The fraction of sp³-hybridized carbons (Fsp3) is 0.231. The Bertz CT molecular complexity index is 542. The molecule has 1 aromatic heterocycles. The second-order valence-electron chi connectivity index (χ2n) is 3.81. The largest absolute Gasteiger partial charge is 0.457 e. The molecule has 2 aromatic rings. The topological polar surface area (TPSA) is 25.2 Å². The first-order chi connectivity index (χ1) is 8.63. The summed E-state index contributed by atoms with van der Waals surface area (Å²) in [5.41, 5.74) is 1.47. The summed E-state index contributed by atoms with van der Waals surface area (Å²) in [6.07, 6.45) is 1.58. The first kappa shape index (κ1) is 13.8. The third kappa shape index (κ3) is 2.84. The molecule has 1 heterocycles. The Morgan fingerprint density at radius 3 is 2.67 bits per heavy atom. The van der Waals surface area contributed by atoms with Crippen LogP contribution in [0.1, 0.15) is 24.1 Å². The smallest absolute Gasteiger partial charge is 0.174 e. The van der Waals surface area contributed by atoms with Gasteiger partial charge in [-0.3, -0.25) is 0 Å². The van der Waals surface area contributed by atoms with Gasteiger partial charge < -0.3 is 9.73 Å². The van der Waals surface area contributed by atoms with Crippen LogP contribution in [0, 0.1) is 5.82 Å². The molecule has 2 rings (SSSR count). The molecular formula is C13H12Br2FNO. The van der Waals surface area contributed by atoms with E-state index in [1.807, 2.05) is 13.0 Å². The quantitative estimate of drug-likeness (QED) is 0.840. The van der Waals surface area contributed by atoms with Gasteiger partial charge in [0, 0.05) is 15.6 Å². The fourth-order valence-corrected chi connectivity index (χ4v) is 2.69. The second kappa shape index (κ2) is 5.99. The number of halogens is 3. The molecule has 0 aliphatic heterocycles. The lowest BCUT2D eigenvalue weighted by Crippen LogP contribution is -2.22. The molecule has 18 heavy (non-hydrogen) atoms. The van der Waals surface area contributed by atoms with Crippen LogP contribution in [0.4, 0.5) is 4.39 Å². The summed E-state index contributed by atoms with van der Waals surface area (Å²) in [5.74, 6) is -0.239. The average Bonchev–Trinajstić information content (AvgIpc) is 2.76. The highest BCUT2D eigenvalue weighted by atomic mass is 79.9. The van der Waals surface area contributed by atoms with Crippen molar-refractivity contribution < 1.29 is 8.81 Å². The molecule has 1 aromatic carbocycles. The van der Waals surface area contributed by atoms with Gasteiger partial charge in [0.25, 0.3) is 0 Å². The molecule has 1 N–H and O–H groups in total. The Kier molecular flexibility index (Phi) is 4.59. The zero-order valence-corrected chi connectivity index (χ0v) is 12.9. The predicted octanol–water partition coefficient (Wildman–Crippen LogP) is 4.64. The monoisotopic (exact) mass is 375 g/mol. The molecule has 96 valence electrons. The Morgan fingerprint density at radius 2 is 2.06 bits per heavy atom.